The van der Waals surface area contributed by atoms with Crippen molar-refractivity contribution in [1.82, 2.24) is 0 Å². The standard InChI is InChI=1S/C74H127NO8/c1-6-8-10-12-14-16-18-20-22-24-26-28-29-30-31-32-33-34-35-36-37-38-39-40-41-42-43-45-46-48-50-52-54-56-58-60-62-64-71(76)81-68-70(69-82-74(73(78)79)80-67-66-75(3,4)5)83-72(77)65-63-61-59-57-55-53-51-49-47-44-27-25-23-21-19-17-15-13-11-9-7-2/h9,11,15,17-18,20-21,23-24,26-27,29-30,44,49,51,55,57,70,74H,6-8,10,12-14,16,19,22,25,28,31-43,45-48,50,52-54,56,58-69H2,1-5H3/b11-9-,17-15-,20-18-,23-21-,26-24-,30-29-,44-27-,51-49-,57-55-. The van der Waals surface area contributed by atoms with Crippen molar-refractivity contribution < 1.29 is 42.9 Å². The number of rotatable bonds is 62. The van der Waals surface area contributed by atoms with Crippen molar-refractivity contribution in [3.8, 4) is 0 Å². The molecular formula is C74H127NO8. The first-order valence-electron chi connectivity index (χ1n) is 34.0. The second-order valence-corrected chi connectivity index (χ2v) is 23.7. The average molecular weight is 1160 g/mol. The number of unbranched alkanes of at least 4 members (excludes halogenated alkanes) is 29. The van der Waals surface area contributed by atoms with Crippen LogP contribution in [0.4, 0.5) is 0 Å². The monoisotopic (exact) mass is 1160 g/mol. The van der Waals surface area contributed by atoms with Gasteiger partial charge in [0.1, 0.15) is 13.2 Å². The maximum Gasteiger partial charge on any atom is 0.306 e. The highest BCUT2D eigenvalue weighted by atomic mass is 16.7. The van der Waals surface area contributed by atoms with Crippen molar-refractivity contribution in [3.63, 3.8) is 0 Å². The van der Waals surface area contributed by atoms with Crippen molar-refractivity contribution in [2.24, 2.45) is 0 Å². The predicted molar refractivity (Wildman–Crippen MR) is 352 cm³/mol. The molecule has 83 heavy (non-hydrogen) atoms. The second kappa shape index (κ2) is 64.0. The summed E-state index contributed by atoms with van der Waals surface area (Å²) in [5.41, 5.74) is 0. The highest BCUT2D eigenvalue weighted by Crippen LogP contribution is 2.17. The number of esters is 2. The number of carboxylic acid groups (broad SMARTS) is 1. The molecule has 0 aliphatic heterocycles. The third kappa shape index (κ3) is 65.3. The molecule has 0 rings (SSSR count). The van der Waals surface area contributed by atoms with Crippen LogP contribution >= 0.6 is 0 Å². The Balaban J connectivity index is 4.09. The maximum absolute atomic E-state index is 12.9. The molecule has 0 aromatic carbocycles. The van der Waals surface area contributed by atoms with Gasteiger partial charge in [0, 0.05) is 12.8 Å². The smallest absolute Gasteiger partial charge is 0.306 e. The number of carboxylic acids is 1. The van der Waals surface area contributed by atoms with Gasteiger partial charge in [-0.25, -0.2) is 0 Å². The van der Waals surface area contributed by atoms with E-state index in [-0.39, 0.29) is 38.6 Å². The summed E-state index contributed by atoms with van der Waals surface area (Å²) in [5, 5.41) is 11.8. The highest BCUT2D eigenvalue weighted by Gasteiger charge is 2.22. The van der Waals surface area contributed by atoms with E-state index in [4.69, 9.17) is 18.9 Å². The Morgan fingerprint density at radius 3 is 1.05 bits per heavy atom. The molecule has 0 aliphatic rings. The topological polar surface area (TPSA) is 111 Å². The molecule has 0 heterocycles. The van der Waals surface area contributed by atoms with Crippen LogP contribution in [0.25, 0.3) is 0 Å². The Bertz CT molecular complexity index is 1730. The summed E-state index contributed by atoms with van der Waals surface area (Å²) in [5.74, 6) is -2.34. The van der Waals surface area contributed by atoms with Gasteiger partial charge in [0.05, 0.1) is 40.3 Å². The molecule has 0 saturated heterocycles. The number of hydrogen-bond acceptors (Lipinski definition) is 8. The van der Waals surface area contributed by atoms with E-state index in [1.165, 1.54) is 167 Å². The van der Waals surface area contributed by atoms with Gasteiger partial charge in [0.25, 0.3) is 0 Å². The lowest BCUT2D eigenvalue weighted by Crippen LogP contribution is -2.44. The van der Waals surface area contributed by atoms with Crippen LogP contribution in [0.5, 0.6) is 0 Å². The molecule has 2 unspecified atom stereocenters. The largest absolute Gasteiger partial charge is 0.545 e. The van der Waals surface area contributed by atoms with Gasteiger partial charge in [-0.1, -0.05) is 277 Å². The van der Waals surface area contributed by atoms with Crippen LogP contribution in [-0.2, 0) is 33.3 Å². The van der Waals surface area contributed by atoms with Gasteiger partial charge >= 0.3 is 11.9 Å². The quantitative estimate of drug-likeness (QED) is 0.0195. The van der Waals surface area contributed by atoms with Gasteiger partial charge in [0.2, 0.25) is 0 Å². The van der Waals surface area contributed by atoms with E-state index in [0.717, 1.165) is 83.5 Å². The fourth-order valence-corrected chi connectivity index (χ4v) is 9.31. The number of ether oxygens (including phenoxy) is 4. The van der Waals surface area contributed by atoms with Crippen molar-refractivity contribution in [2.75, 3.05) is 47.5 Å². The molecule has 0 amide bonds. The normalized spacial score (nSPS) is 13.4. The number of aliphatic carboxylic acids is 1. The molecule has 0 aromatic rings. The van der Waals surface area contributed by atoms with Gasteiger partial charge in [0.15, 0.2) is 12.4 Å². The minimum absolute atomic E-state index is 0.135. The van der Waals surface area contributed by atoms with E-state index in [2.05, 4.69) is 123 Å². The van der Waals surface area contributed by atoms with Crippen LogP contribution in [-0.4, -0.2) is 82.3 Å². The number of carbonyl (C=O) groups excluding carboxylic acids is 3. The van der Waals surface area contributed by atoms with E-state index < -0.39 is 24.3 Å². The summed E-state index contributed by atoms with van der Waals surface area (Å²) in [7, 11) is 5.91. The first kappa shape index (κ1) is 79.0. The predicted octanol–water partition coefficient (Wildman–Crippen LogP) is 19.7. The number of carbonyl (C=O) groups is 3. The lowest BCUT2D eigenvalue weighted by atomic mass is 10.0. The zero-order valence-electron chi connectivity index (χ0n) is 54.3. The third-order valence-electron chi connectivity index (χ3n) is 14.5. The lowest BCUT2D eigenvalue weighted by Gasteiger charge is -2.26. The number of likely N-dealkylation sites (N-methyl/N-ethyl adjacent to an activating group) is 1. The molecule has 2 atom stereocenters. The number of allylic oxidation sites excluding steroid dienone is 18. The Morgan fingerprint density at radius 1 is 0.373 bits per heavy atom. The summed E-state index contributed by atoms with van der Waals surface area (Å²) in [6, 6.07) is 0. The molecule has 0 fully saturated rings. The Kier molecular flexibility index (Phi) is 60.8. The van der Waals surface area contributed by atoms with Gasteiger partial charge in [-0.05, 0) is 103 Å². The number of quaternary nitrogens is 1. The molecule has 9 heteroatoms. The van der Waals surface area contributed by atoms with Crippen LogP contribution in [0.15, 0.2) is 109 Å². The molecular weight excluding hydrogens is 1030 g/mol. The SMILES string of the molecule is CC/C=C\C/C=C\C/C=C\C/C=C\C/C=C\C/C=C\CCCCC(=O)OC(COC(=O)CCCCCCCCCCCCCCCCCCCCCCCC/C=C\C/C=C\C/C=C\CCCCCCC)COC(OCC[N+](C)(C)C)C(=O)[O-]. The summed E-state index contributed by atoms with van der Waals surface area (Å²) >= 11 is 0. The van der Waals surface area contributed by atoms with Crippen molar-refractivity contribution in [1.29, 1.82) is 0 Å². The zero-order chi connectivity index (χ0) is 60.5. The Morgan fingerprint density at radius 2 is 0.687 bits per heavy atom. The molecule has 476 valence electrons. The van der Waals surface area contributed by atoms with E-state index >= 15 is 0 Å². The van der Waals surface area contributed by atoms with E-state index in [1.807, 2.05) is 21.1 Å². The number of nitrogens with zero attached hydrogens (tertiary/aromatic N) is 1. The van der Waals surface area contributed by atoms with E-state index in [0.29, 0.717) is 17.4 Å². The van der Waals surface area contributed by atoms with Crippen LogP contribution in [0.3, 0.4) is 0 Å². The van der Waals surface area contributed by atoms with Crippen LogP contribution < -0.4 is 5.11 Å². The second-order valence-electron chi connectivity index (χ2n) is 23.7. The highest BCUT2D eigenvalue weighted by molar-refractivity contribution is 5.70. The number of hydrogen-bond donors (Lipinski definition) is 0. The van der Waals surface area contributed by atoms with Crippen LogP contribution in [0.1, 0.15) is 284 Å². The maximum atomic E-state index is 12.9. The molecule has 0 aromatic heterocycles. The lowest BCUT2D eigenvalue weighted by molar-refractivity contribution is -0.870. The van der Waals surface area contributed by atoms with Gasteiger partial charge in [-0.3, -0.25) is 9.59 Å². The van der Waals surface area contributed by atoms with E-state index in [9.17, 15) is 19.5 Å². The minimum Gasteiger partial charge on any atom is -0.545 e. The minimum atomic E-state index is -1.64. The molecule has 0 spiro atoms. The average Bonchev–Trinajstić information content (AvgIpc) is 3.46. The van der Waals surface area contributed by atoms with Gasteiger partial charge in [-0.2, -0.15) is 0 Å². The summed E-state index contributed by atoms with van der Waals surface area (Å²) in [6.45, 7) is 4.58. The van der Waals surface area contributed by atoms with Crippen molar-refractivity contribution >= 4 is 17.9 Å². The van der Waals surface area contributed by atoms with Gasteiger partial charge < -0.3 is 33.3 Å². The fourth-order valence-electron chi connectivity index (χ4n) is 9.31. The molecule has 0 N–H and O–H groups in total. The molecule has 9 nitrogen and oxygen atoms in total. The fraction of sp³-hybridized carbons (Fsp3) is 0.716. The summed E-state index contributed by atoms with van der Waals surface area (Å²) in [6.07, 6.45) is 86.1. The molecule has 0 aliphatic carbocycles. The molecule has 0 saturated carbocycles. The summed E-state index contributed by atoms with van der Waals surface area (Å²) < 4.78 is 22.7. The van der Waals surface area contributed by atoms with Crippen LogP contribution in [0, 0.1) is 0 Å². The van der Waals surface area contributed by atoms with E-state index in [1.54, 1.807) is 0 Å². The molecule has 0 radical (unpaired) electrons. The summed E-state index contributed by atoms with van der Waals surface area (Å²) in [4.78, 5) is 37.4. The first-order chi connectivity index (χ1) is 40.6. The Hall–Kier alpha value is -4.05. The van der Waals surface area contributed by atoms with Gasteiger partial charge in [-0.15, -0.1) is 0 Å². The molecule has 0 bridgehead atoms. The van der Waals surface area contributed by atoms with Crippen molar-refractivity contribution in [2.45, 2.75) is 296 Å². The Labute approximate surface area is 511 Å². The third-order valence-corrected chi connectivity index (χ3v) is 14.5. The van der Waals surface area contributed by atoms with Crippen molar-refractivity contribution in [3.05, 3.63) is 109 Å². The first-order valence-corrected chi connectivity index (χ1v) is 34.0. The zero-order valence-corrected chi connectivity index (χ0v) is 54.3. The van der Waals surface area contributed by atoms with Crippen LogP contribution in [0.2, 0.25) is 0 Å².